The first kappa shape index (κ1) is 20.1. The normalized spacial score (nSPS) is 15.3. The number of rotatable bonds is 4. The number of ether oxygens (including phenoxy) is 1. The zero-order valence-electron chi connectivity index (χ0n) is 17.2. The molecule has 0 saturated carbocycles. The minimum atomic E-state index is -0.697. The second-order valence-electron chi connectivity index (χ2n) is 7.51. The average molecular weight is 407 g/mol. The number of aromatic nitrogens is 2. The molecule has 7 heteroatoms. The molecule has 0 N–H and O–H groups in total. The Bertz CT molecular complexity index is 1210. The highest BCUT2D eigenvalue weighted by molar-refractivity contribution is 5.84. The molecule has 1 unspecified atom stereocenters. The van der Waals surface area contributed by atoms with Crippen LogP contribution in [0.3, 0.4) is 0 Å². The van der Waals surface area contributed by atoms with Gasteiger partial charge < -0.3 is 9.64 Å². The number of carbonyl (C=O) groups is 1. The van der Waals surface area contributed by atoms with E-state index < -0.39 is 11.7 Å². The second-order valence-corrected chi connectivity index (χ2v) is 7.51. The number of amides is 1. The van der Waals surface area contributed by atoms with Crippen molar-refractivity contribution in [1.29, 1.82) is 0 Å². The molecule has 0 bridgehead atoms. The predicted octanol–water partition coefficient (Wildman–Crippen LogP) is 2.27. The van der Waals surface area contributed by atoms with Crippen molar-refractivity contribution in [3.05, 3.63) is 74.9 Å². The summed E-state index contributed by atoms with van der Waals surface area (Å²) in [7, 11) is 0. The first-order chi connectivity index (χ1) is 14.5. The van der Waals surface area contributed by atoms with Crippen molar-refractivity contribution in [3.63, 3.8) is 0 Å². The van der Waals surface area contributed by atoms with E-state index in [1.54, 1.807) is 41.3 Å². The molecule has 1 aliphatic heterocycles. The van der Waals surface area contributed by atoms with Gasteiger partial charge in [-0.3, -0.25) is 14.2 Å². The number of nitrogens with zero attached hydrogens (tertiary/aromatic N) is 3. The lowest BCUT2D eigenvalue weighted by atomic mass is 10.1. The fraction of sp³-hybridized carbons (Fsp3) is 0.348. The van der Waals surface area contributed by atoms with Crippen LogP contribution in [-0.4, -0.2) is 46.2 Å². The van der Waals surface area contributed by atoms with Crippen molar-refractivity contribution in [2.75, 3.05) is 26.3 Å². The van der Waals surface area contributed by atoms with Crippen LogP contribution in [0.4, 0.5) is 0 Å². The molecule has 0 radical (unpaired) electrons. The molecule has 156 valence electrons. The van der Waals surface area contributed by atoms with Gasteiger partial charge in [0.15, 0.2) is 0 Å². The van der Waals surface area contributed by atoms with Crippen LogP contribution in [0.2, 0.25) is 0 Å². The smallest absolute Gasteiger partial charge is 0.336 e. The maximum atomic E-state index is 13.6. The van der Waals surface area contributed by atoms with Crippen LogP contribution in [0.15, 0.2) is 58.1 Å². The summed E-state index contributed by atoms with van der Waals surface area (Å²) >= 11 is 0. The van der Waals surface area contributed by atoms with Crippen molar-refractivity contribution in [1.82, 2.24) is 14.0 Å². The second kappa shape index (κ2) is 8.28. The molecule has 2 aromatic carbocycles. The summed E-state index contributed by atoms with van der Waals surface area (Å²) in [5.41, 5.74) is 1.03. The Morgan fingerprint density at radius 2 is 1.80 bits per heavy atom. The minimum Gasteiger partial charge on any atom is -0.378 e. The highest BCUT2D eigenvalue weighted by atomic mass is 16.5. The molecule has 2 heterocycles. The van der Waals surface area contributed by atoms with Gasteiger partial charge in [0.1, 0.15) is 6.04 Å². The summed E-state index contributed by atoms with van der Waals surface area (Å²) in [6, 6.07) is 13.5. The third-order valence-electron chi connectivity index (χ3n) is 5.56. The van der Waals surface area contributed by atoms with Crippen LogP contribution in [0, 0.1) is 6.92 Å². The van der Waals surface area contributed by atoms with E-state index in [0.29, 0.717) is 49.3 Å². The monoisotopic (exact) mass is 407 g/mol. The molecule has 1 aliphatic rings. The number of carbonyl (C=O) groups excluding carboxylic acids is 1. The Morgan fingerprint density at radius 3 is 2.50 bits per heavy atom. The summed E-state index contributed by atoms with van der Waals surface area (Å²) in [6.07, 6.45) is 0.437. The van der Waals surface area contributed by atoms with Gasteiger partial charge in [-0.2, -0.15) is 0 Å². The minimum absolute atomic E-state index is 0.123. The fourth-order valence-electron chi connectivity index (χ4n) is 4.04. The zero-order chi connectivity index (χ0) is 21.3. The third kappa shape index (κ3) is 3.45. The van der Waals surface area contributed by atoms with Crippen molar-refractivity contribution in [2.45, 2.75) is 26.3 Å². The molecule has 3 aromatic rings. The topological polar surface area (TPSA) is 73.5 Å². The number of hydrogen-bond acceptors (Lipinski definition) is 4. The van der Waals surface area contributed by atoms with Crippen molar-refractivity contribution in [2.24, 2.45) is 0 Å². The lowest BCUT2D eigenvalue weighted by Gasteiger charge is -2.31. The molecular formula is C23H25N3O4. The largest absolute Gasteiger partial charge is 0.378 e. The summed E-state index contributed by atoms with van der Waals surface area (Å²) in [5.74, 6) is -0.123. The lowest BCUT2D eigenvalue weighted by molar-refractivity contribution is -0.139. The SMILES string of the molecule is CCC(C(=O)N1CCOCC1)n1c(=O)n(-c2cccc(C)c2)c(=O)c2ccccc21. The molecule has 1 amide bonds. The van der Waals surface area contributed by atoms with Gasteiger partial charge in [0.2, 0.25) is 5.91 Å². The third-order valence-corrected chi connectivity index (χ3v) is 5.56. The first-order valence-corrected chi connectivity index (χ1v) is 10.2. The van der Waals surface area contributed by atoms with E-state index in [0.717, 1.165) is 5.56 Å². The summed E-state index contributed by atoms with van der Waals surface area (Å²) in [4.78, 5) is 41.9. The lowest BCUT2D eigenvalue weighted by Crippen LogP contribution is -2.48. The standard InChI is InChI=1S/C23H25N3O4/c1-3-19(22(28)24-11-13-30-14-12-24)26-20-10-5-4-9-18(20)21(27)25(23(26)29)17-8-6-7-16(2)15-17/h4-10,15,19H,3,11-14H2,1-2H3. The Hall–Kier alpha value is -3.19. The van der Waals surface area contributed by atoms with Gasteiger partial charge in [0.05, 0.1) is 29.8 Å². The molecule has 1 atom stereocenters. The van der Waals surface area contributed by atoms with Crippen LogP contribution in [-0.2, 0) is 9.53 Å². The number of aryl methyl sites for hydroxylation is 1. The van der Waals surface area contributed by atoms with Crippen molar-refractivity contribution in [3.8, 4) is 5.69 Å². The Balaban J connectivity index is 1.98. The summed E-state index contributed by atoms with van der Waals surface area (Å²) in [6.45, 7) is 5.76. The van der Waals surface area contributed by atoms with E-state index in [2.05, 4.69) is 0 Å². The highest BCUT2D eigenvalue weighted by Crippen LogP contribution is 2.20. The van der Waals surface area contributed by atoms with Crippen molar-refractivity contribution < 1.29 is 9.53 Å². The maximum absolute atomic E-state index is 13.6. The molecule has 1 fully saturated rings. The van der Waals surface area contributed by atoms with Crippen LogP contribution in [0.5, 0.6) is 0 Å². The van der Waals surface area contributed by atoms with Gasteiger partial charge in [-0.1, -0.05) is 31.2 Å². The Labute approximate surface area is 174 Å². The number of hydrogen-bond donors (Lipinski definition) is 0. The van der Waals surface area contributed by atoms with Gasteiger partial charge in [0.25, 0.3) is 5.56 Å². The summed E-state index contributed by atoms with van der Waals surface area (Å²) in [5, 5.41) is 0.409. The molecule has 7 nitrogen and oxygen atoms in total. The molecule has 0 aliphatic carbocycles. The highest BCUT2D eigenvalue weighted by Gasteiger charge is 2.29. The van der Waals surface area contributed by atoms with Gasteiger partial charge in [-0.05, 0) is 43.2 Å². The van der Waals surface area contributed by atoms with E-state index in [1.807, 2.05) is 26.0 Å². The van der Waals surface area contributed by atoms with Gasteiger partial charge in [0, 0.05) is 13.1 Å². The average Bonchev–Trinajstić information content (AvgIpc) is 2.77. The first-order valence-electron chi connectivity index (χ1n) is 10.2. The number of fused-ring (bicyclic) bond motifs is 1. The van der Waals surface area contributed by atoms with Gasteiger partial charge in [-0.25, -0.2) is 9.36 Å². The Morgan fingerprint density at radius 1 is 1.07 bits per heavy atom. The van der Waals surface area contributed by atoms with Gasteiger partial charge in [-0.15, -0.1) is 0 Å². The van der Waals surface area contributed by atoms with E-state index in [-0.39, 0.29) is 11.5 Å². The Kier molecular flexibility index (Phi) is 5.55. The van der Waals surface area contributed by atoms with E-state index >= 15 is 0 Å². The van der Waals surface area contributed by atoms with Crippen LogP contribution < -0.4 is 11.2 Å². The van der Waals surface area contributed by atoms with Crippen LogP contribution in [0.1, 0.15) is 24.9 Å². The number of benzene rings is 2. The maximum Gasteiger partial charge on any atom is 0.336 e. The predicted molar refractivity (Wildman–Crippen MR) is 115 cm³/mol. The molecule has 4 rings (SSSR count). The van der Waals surface area contributed by atoms with E-state index in [4.69, 9.17) is 4.74 Å². The number of morpholine rings is 1. The molecule has 1 saturated heterocycles. The summed E-state index contributed by atoms with van der Waals surface area (Å²) < 4.78 is 8.01. The van der Waals surface area contributed by atoms with Crippen LogP contribution >= 0.6 is 0 Å². The molecule has 0 spiro atoms. The van der Waals surface area contributed by atoms with E-state index in [9.17, 15) is 14.4 Å². The van der Waals surface area contributed by atoms with Crippen LogP contribution in [0.25, 0.3) is 16.6 Å². The molecule has 1 aromatic heterocycles. The van der Waals surface area contributed by atoms with Gasteiger partial charge >= 0.3 is 5.69 Å². The fourth-order valence-corrected chi connectivity index (χ4v) is 4.04. The van der Waals surface area contributed by atoms with E-state index in [1.165, 1.54) is 9.13 Å². The molecule has 30 heavy (non-hydrogen) atoms. The quantitative estimate of drug-likeness (QED) is 0.665. The zero-order valence-corrected chi connectivity index (χ0v) is 17.2. The molecular weight excluding hydrogens is 382 g/mol. The number of para-hydroxylation sites is 1. The van der Waals surface area contributed by atoms with Crippen molar-refractivity contribution >= 4 is 16.8 Å².